The van der Waals surface area contributed by atoms with Crippen LogP contribution < -0.4 is 10.6 Å². The Labute approximate surface area is 195 Å². The van der Waals surface area contributed by atoms with Gasteiger partial charge in [-0.2, -0.15) is 0 Å². The van der Waals surface area contributed by atoms with Gasteiger partial charge in [0.1, 0.15) is 0 Å². The van der Waals surface area contributed by atoms with Gasteiger partial charge in [-0.1, -0.05) is 53.2 Å². The lowest BCUT2D eigenvalue weighted by atomic mass is 10.2. The second kappa shape index (κ2) is 10.3. The summed E-state index contributed by atoms with van der Waals surface area (Å²) in [4.78, 5) is 24.5. The lowest BCUT2D eigenvalue weighted by Crippen LogP contribution is -2.24. The Hall–Kier alpha value is -2.07. The van der Waals surface area contributed by atoms with Crippen LogP contribution in [0.25, 0.3) is 0 Å². The number of anilines is 1. The number of carbonyl (C=O) groups is 2. The van der Waals surface area contributed by atoms with Gasteiger partial charge in [-0.3, -0.25) is 9.59 Å². The average molecular weight is 529 g/mol. The molecule has 0 radical (unpaired) electrons. The number of hydrogen-bond acceptors (Lipinski definition) is 5. The third-order valence-electron chi connectivity index (χ3n) is 4.01. The van der Waals surface area contributed by atoms with Gasteiger partial charge in [0.05, 0.1) is 33.6 Å². The van der Waals surface area contributed by atoms with Gasteiger partial charge in [0.25, 0.3) is 5.91 Å². The van der Waals surface area contributed by atoms with Crippen molar-refractivity contribution in [3.05, 3.63) is 68.4 Å². The quantitative estimate of drug-likeness (QED) is 0.439. The Morgan fingerprint density at radius 1 is 1.13 bits per heavy atom. The number of rotatable bonds is 7. The standard InChI is InChI=1S/C19H16BrCl2N5O2S/c1-27-15(9-23-18(29)11-5-2-3-6-12(11)20)25-26-19(27)30-10-16(28)24-14-8-4-7-13(21)17(14)22/h2-8H,9-10H2,1H3,(H,23,29)(H,24,28). The summed E-state index contributed by atoms with van der Waals surface area (Å²) in [5.74, 6) is 0.197. The number of amides is 2. The summed E-state index contributed by atoms with van der Waals surface area (Å²) in [5.41, 5.74) is 0.980. The fourth-order valence-electron chi connectivity index (χ4n) is 2.44. The van der Waals surface area contributed by atoms with E-state index in [9.17, 15) is 9.59 Å². The third-order valence-corrected chi connectivity index (χ3v) is 6.54. The molecule has 7 nitrogen and oxygen atoms in total. The van der Waals surface area contributed by atoms with E-state index in [1.54, 1.807) is 48.0 Å². The molecular formula is C19H16BrCl2N5O2S. The number of carbonyl (C=O) groups excluding carboxylic acids is 2. The molecule has 30 heavy (non-hydrogen) atoms. The van der Waals surface area contributed by atoms with Crippen molar-refractivity contribution in [1.82, 2.24) is 20.1 Å². The number of halogens is 3. The normalized spacial score (nSPS) is 10.7. The Morgan fingerprint density at radius 2 is 1.90 bits per heavy atom. The third kappa shape index (κ3) is 5.54. The molecule has 0 unspecified atom stereocenters. The number of nitrogens with zero attached hydrogens (tertiary/aromatic N) is 3. The SMILES string of the molecule is Cn1c(CNC(=O)c2ccccc2Br)nnc1SCC(=O)Nc1cccc(Cl)c1Cl. The van der Waals surface area contributed by atoms with Crippen LogP contribution in [0.15, 0.2) is 52.1 Å². The second-order valence-corrected chi connectivity index (χ2v) is 8.64. The Kier molecular flexibility index (Phi) is 7.76. The monoisotopic (exact) mass is 527 g/mol. The first kappa shape index (κ1) is 22.6. The molecule has 0 aliphatic heterocycles. The van der Waals surface area contributed by atoms with Crippen molar-refractivity contribution in [3.63, 3.8) is 0 Å². The van der Waals surface area contributed by atoms with Gasteiger partial charge in [-0.15, -0.1) is 10.2 Å². The van der Waals surface area contributed by atoms with E-state index < -0.39 is 0 Å². The number of hydrogen-bond donors (Lipinski definition) is 2. The van der Waals surface area contributed by atoms with Crippen molar-refractivity contribution in [1.29, 1.82) is 0 Å². The highest BCUT2D eigenvalue weighted by Gasteiger charge is 2.15. The number of aromatic nitrogens is 3. The van der Waals surface area contributed by atoms with Crippen molar-refractivity contribution in [3.8, 4) is 0 Å². The molecule has 0 aliphatic carbocycles. The molecule has 2 N–H and O–H groups in total. The van der Waals surface area contributed by atoms with Crippen LogP contribution in [-0.4, -0.2) is 32.3 Å². The predicted molar refractivity (Wildman–Crippen MR) is 122 cm³/mol. The summed E-state index contributed by atoms with van der Waals surface area (Å²) in [6.07, 6.45) is 0. The zero-order chi connectivity index (χ0) is 21.7. The molecule has 3 rings (SSSR count). The summed E-state index contributed by atoms with van der Waals surface area (Å²) in [7, 11) is 1.77. The molecule has 0 saturated carbocycles. The molecule has 1 aromatic heterocycles. The first-order valence-electron chi connectivity index (χ1n) is 8.64. The zero-order valence-electron chi connectivity index (χ0n) is 15.7. The topological polar surface area (TPSA) is 88.9 Å². The summed E-state index contributed by atoms with van der Waals surface area (Å²) in [6, 6.07) is 12.2. The highest BCUT2D eigenvalue weighted by atomic mass is 79.9. The first-order chi connectivity index (χ1) is 14.4. The van der Waals surface area contributed by atoms with E-state index in [4.69, 9.17) is 23.2 Å². The predicted octanol–water partition coefficient (Wildman–Crippen LogP) is 4.55. The second-order valence-electron chi connectivity index (χ2n) is 6.06. The zero-order valence-corrected chi connectivity index (χ0v) is 19.6. The Balaban J connectivity index is 1.55. The fraction of sp³-hybridized carbons (Fsp3) is 0.158. The smallest absolute Gasteiger partial charge is 0.252 e. The molecule has 1 heterocycles. The molecule has 2 amide bonds. The molecular weight excluding hydrogens is 513 g/mol. The highest BCUT2D eigenvalue weighted by molar-refractivity contribution is 9.10. The largest absolute Gasteiger partial charge is 0.345 e. The number of nitrogens with one attached hydrogen (secondary N) is 2. The van der Waals surface area contributed by atoms with Gasteiger partial charge in [-0.25, -0.2) is 0 Å². The molecule has 0 spiro atoms. The fourth-order valence-corrected chi connectivity index (χ4v) is 3.98. The van der Waals surface area contributed by atoms with Crippen molar-refractivity contribution >= 4 is 68.4 Å². The first-order valence-corrected chi connectivity index (χ1v) is 11.2. The van der Waals surface area contributed by atoms with Gasteiger partial charge in [-0.05, 0) is 40.2 Å². The number of benzene rings is 2. The van der Waals surface area contributed by atoms with Gasteiger partial charge < -0.3 is 15.2 Å². The minimum Gasteiger partial charge on any atom is -0.345 e. The molecule has 0 fully saturated rings. The molecule has 2 aromatic carbocycles. The van der Waals surface area contributed by atoms with Crippen LogP contribution in [0.1, 0.15) is 16.2 Å². The van der Waals surface area contributed by atoms with Crippen molar-refractivity contribution < 1.29 is 9.59 Å². The van der Waals surface area contributed by atoms with Crippen LogP contribution >= 0.6 is 50.9 Å². The van der Waals surface area contributed by atoms with Crippen molar-refractivity contribution in [2.24, 2.45) is 7.05 Å². The maximum absolute atomic E-state index is 12.3. The maximum Gasteiger partial charge on any atom is 0.252 e. The van der Waals surface area contributed by atoms with Crippen LogP contribution in [0.3, 0.4) is 0 Å². The van der Waals surface area contributed by atoms with E-state index in [-0.39, 0.29) is 24.1 Å². The molecule has 0 atom stereocenters. The Bertz CT molecular complexity index is 1090. The summed E-state index contributed by atoms with van der Waals surface area (Å²) >= 11 is 16.6. The minimum absolute atomic E-state index is 0.109. The van der Waals surface area contributed by atoms with E-state index in [1.165, 1.54) is 11.8 Å². The molecule has 3 aromatic rings. The van der Waals surface area contributed by atoms with E-state index in [0.29, 0.717) is 36.7 Å². The van der Waals surface area contributed by atoms with E-state index in [1.807, 2.05) is 6.07 Å². The van der Waals surface area contributed by atoms with E-state index in [2.05, 4.69) is 36.8 Å². The van der Waals surface area contributed by atoms with Gasteiger partial charge in [0, 0.05) is 11.5 Å². The molecule has 0 bridgehead atoms. The molecule has 156 valence electrons. The van der Waals surface area contributed by atoms with Crippen LogP contribution in [0, 0.1) is 0 Å². The number of thioether (sulfide) groups is 1. The highest BCUT2D eigenvalue weighted by Crippen LogP contribution is 2.29. The van der Waals surface area contributed by atoms with Crippen molar-refractivity contribution in [2.75, 3.05) is 11.1 Å². The summed E-state index contributed by atoms with van der Waals surface area (Å²) in [6.45, 7) is 0.203. The van der Waals surface area contributed by atoms with Crippen molar-refractivity contribution in [2.45, 2.75) is 11.7 Å². The van der Waals surface area contributed by atoms with Gasteiger partial charge in [0.2, 0.25) is 5.91 Å². The minimum atomic E-state index is -0.254. The van der Waals surface area contributed by atoms with Gasteiger partial charge in [0.15, 0.2) is 11.0 Å². The summed E-state index contributed by atoms with van der Waals surface area (Å²) < 4.78 is 2.44. The van der Waals surface area contributed by atoms with Crippen LogP contribution in [0.2, 0.25) is 10.0 Å². The lowest BCUT2D eigenvalue weighted by Gasteiger charge is -2.08. The molecule has 0 aliphatic rings. The van der Waals surface area contributed by atoms with Crippen LogP contribution in [-0.2, 0) is 18.4 Å². The van der Waals surface area contributed by atoms with E-state index >= 15 is 0 Å². The molecule has 0 saturated heterocycles. The van der Waals surface area contributed by atoms with Gasteiger partial charge >= 0.3 is 0 Å². The lowest BCUT2D eigenvalue weighted by molar-refractivity contribution is -0.113. The summed E-state index contributed by atoms with van der Waals surface area (Å²) in [5, 5.41) is 14.9. The van der Waals surface area contributed by atoms with E-state index in [0.717, 1.165) is 0 Å². The molecule has 11 heteroatoms. The Morgan fingerprint density at radius 3 is 2.67 bits per heavy atom. The van der Waals surface area contributed by atoms with Crippen LogP contribution in [0.4, 0.5) is 5.69 Å². The van der Waals surface area contributed by atoms with Crippen LogP contribution in [0.5, 0.6) is 0 Å². The average Bonchev–Trinajstić information content (AvgIpc) is 3.08. The maximum atomic E-state index is 12.3.